The average Bonchev–Trinajstić information content (AvgIpc) is 0.709. The minimum atomic E-state index is -4.56. The highest BCUT2D eigenvalue weighted by atomic mass is 19.4. The van der Waals surface area contributed by atoms with Crippen molar-refractivity contribution in [3.8, 4) is 23.0 Å². The second-order valence-electron chi connectivity index (χ2n) is 38.2. The number of aromatic hydroxyl groups is 4. The van der Waals surface area contributed by atoms with E-state index in [1.165, 1.54) is 118 Å². The molecule has 800 valence electrons. The Bertz CT molecular complexity index is 6350. The molecule has 16 atom stereocenters. The highest BCUT2D eigenvalue weighted by molar-refractivity contribution is 6.28. The average molecular weight is 2100 g/mol. The van der Waals surface area contributed by atoms with Crippen molar-refractivity contribution in [1.82, 2.24) is 41.5 Å². The minimum absolute atomic E-state index is 0.000771. The molecule has 0 bridgehead atoms. The summed E-state index contributed by atoms with van der Waals surface area (Å²) in [5.74, 6) is -30.1. The number of phenols is 4. The standard InChI is InChI=1S/2C24H26F3N3O8.C24H28FN3O8.C23H25F2N3O8/c2*1-30(2)17-12-6-10-5-11-9(7-29-38-8-23(25,26)27)3-4-13(31)15(11)18(32)14(10)20(34)24(12,37)21(35)16(19(17)33)22(28)36;1-28(2)18-13-8-11-7-12-10(9-27-36-6-5-25)3-4-14(29)16(12)19(30)15(11)21(32)24(13,35)22(33)17(20(18)31)23(26)34;1-28(2)16-11-6-9-5-10-8(7-27-36-22(24)25)3-4-12(29)14(10)17(30)13(9)19(32)23(11,35)20(33)15(18(16)31)21(26)34/h2*3-4,10,12,17,29,31-32,35,37H,5-8H2,1-2H3,(H2,28,36);3-4,11,13,18,27,29-30,33,35H,5-9H2,1-2H3,(H2,26,34);3-4,9,11,16,22,27,29-30,33,35H,5-7H2,1-2H3,(H2,26,34)/t10-,12-,17+,24-;10-,12-,17-,24-;11-,13-,18+,24-;9-,11-,16-,23-/m0000/s1. The third-order valence-electron chi connectivity index (χ3n) is 29.0. The first-order valence-electron chi connectivity index (χ1n) is 45.3. The molecule has 0 spiro atoms. The highest BCUT2D eigenvalue weighted by Gasteiger charge is 2.70. The van der Waals surface area contributed by atoms with Crippen LogP contribution in [0.25, 0.3) is 23.0 Å². The number of alkyl halides is 9. The zero-order valence-electron chi connectivity index (χ0n) is 79.6. The number of primary amides is 4. The number of carbonyl (C=O) groups is 12. The Morgan fingerprint density at radius 1 is 0.365 bits per heavy atom. The van der Waals surface area contributed by atoms with Crippen LogP contribution in [0.2, 0.25) is 0 Å². The van der Waals surface area contributed by atoms with Crippen molar-refractivity contribution in [1.29, 1.82) is 0 Å². The molecule has 0 unspecified atom stereocenters. The molecule has 0 aliphatic heterocycles. The number of hydroxylamine groups is 4. The number of aliphatic hydroxyl groups is 12. The van der Waals surface area contributed by atoms with Gasteiger partial charge in [0.1, 0.15) is 98.0 Å². The van der Waals surface area contributed by atoms with Crippen molar-refractivity contribution < 1.29 is 198 Å². The van der Waals surface area contributed by atoms with Gasteiger partial charge < -0.3 is 105 Å². The van der Waals surface area contributed by atoms with Crippen LogP contribution in [0.15, 0.2) is 116 Å². The van der Waals surface area contributed by atoms with Crippen LogP contribution in [0, 0.1) is 47.3 Å². The van der Waals surface area contributed by atoms with E-state index in [0.717, 1.165) is 0 Å². The molecule has 12 aliphatic carbocycles. The largest absolute Gasteiger partial charge is 0.508 e. The van der Waals surface area contributed by atoms with Crippen LogP contribution in [-0.4, -0.2) is 320 Å². The Labute approximate surface area is 831 Å². The number of fused-ring (bicyclic) bond motifs is 12. The van der Waals surface area contributed by atoms with Crippen LogP contribution < -0.4 is 44.9 Å². The number of nitrogens with one attached hydrogen (secondary N) is 4. The van der Waals surface area contributed by atoms with Gasteiger partial charge in [0.05, 0.1) is 53.0 Å². The number of likely N-dealkylation sites (N-methyl/N-ethyl adjacent to an activating group) is 4. The van der Waals surface area contributed by atoms with E-state index in [9.17, 15) is 179 Å². The lowest BCUT2D eigenvalue weighted by molar-refractivity contribution is -0.190. The number of hydrogen-bond donors (Lipinski definition) is 24. The van der Waals surface area contributed by atoms with E-state index in [0.29, 0.717) is 44.5 Å². The van der Waals surface area contributed by atoms with Crippen LogP contribution in [0.3, 0.4) is 0 Å². The van der Waals surface area contributed by atoms with Gasteiger partial charge in [-0.2, -0.15) is 57.0 Å². The van der Waals surface area contributed by atoms with Gasteiger partial charge in [-0.05, 0) is 200 Å². The Kier molecular flexibility index (Phi) is 31.3. The summed E-state index contributed by atoms with van der Waals surface area (Å²) in [4.78, 5) is 179. The quantitative estimate of drug-likeness (QED) is 0.0192. The fraction of sp³-hybridized carbons (Fsp3) is 0.453. The fourth-order valence-electron chi connectivity index (χ4n) is 22.8. The Balaban J connectivity index is 0.000000165. The molecule has 4 fully saturated rings. The Morgan fingerprint density at radius 2 is 0.574 bits per heavy atom. The molecule has 0 aromatic heterocycles. The Hall–Kier alpha value is -13.6. The summed E-state index contributed by atoms with van der Waals surface area (Å²) < 4.78 is 111. The first-order valence-corrected chi connectivity index (χ1v) is 45.3. The van der Waals surface area contributed by atoms with Crippen LogP contribution in [0.1, 0.15) is 92.4 Å². The predicted octanol–water partition coefficient (Wildman–Crippen LogP) is 1.26. The fourth-order valence-corrected chi connectivity index (χ4v) is 22.8. The van der Waals surface area contributed by atoms with E-state index in [-0.39, 0.29) is 134 Å². The molecule has 0 saturated heterocycles. The van der Waals surface area contributed by atoms with E-state index in [2.05, 4.69) is 36.4 Å². The number of rotatable bonds is 25. The van der Waals surface area contributed by atoms with E-state index in [1.54, 1.807) is 6.07 Å². The predicted molar refractivity (Wildman–Crippen MR) is 487 cm³/mol. The van der Waals surface area contributed by atoms with E-state index < -0.39 is 288 Å². The third-order valence-corrected chi connectivity index (χ3v) is 29.0. The molecule has 4 aromatic rings. The van der Waals surface area contributed by atoms with Crippen molar-refractivity contribution in [3.63, 3.8) is 0 Å². The van der Waals surface area contributed by atoms with E-state index in [4.69, 9.17) is 27.8 Å². The molecule has 12 aliphatic rings. The molecular weight excluding hydrogens is 1990 g/mol. The molecule has 28 N–H and O–H groups in total. The summed E-state index contributed by atoms with van der Waals surface area (Å²) in [5.41, 5.74) is 17.2. The monoisotopic (exact) mass is 2100 g/mol. The van der Waals surface area contributed by atoms with Crippen molar-refractivity contribution in [2.24, 2.45) is 70.3 Å². The van der Waals surface area contributed by atoms with Crippen LogP contribution >= 0.6 is 0 Å². The molecule has 16 rings (SSSR count). The third kappa shape index (κ3) is 19.0. The molecule has 0 heterocycles. The molecule has 4 saturated carbocycles. The summed E-state index contributed by atoms with van der Waals surface area (Å²) in [6.07, 6.45) is -9.25. The topological polar surface area (TPSA) is 731 Å². The van der Waals surface area contributed by atoms with Crippen LogP contribution in [0.5, 0.6) is 23.0 Å². The summed E-state index contributed by atoms with van der Waals surface area (Å²) in [5, 5.41) is 176. The van der Waals surface area contributed by atoms with E-state index >= 15 is 0 Å². The smallest absolute Gasteiger partial charge is 0.413 e. The van der Waals surface area contributed by atoms with Gasteiger partial charge in [0.15, 0.2) is 58.8 Å². The van der Waals surface area contributed by atoms with Crippen LogP contribution in [-0.2, 0) is 129 Å². The SMILES string of the molecule is CN(C)[C@@H]1C(=O)C(C(N)=O)=C(O)[C@@]2(O)C(=O)C3=C(O)c4c(O)ccc(CNOC(F)F)c4C[C@H]3C[C@@H]12.CN(C)[C@@H]1C(=O)C(C(N)=O)=C(O)[C@@]2(O)C(=O)C3=C(O)c4c(O)ccc(CNOCC(F)(F)F)c4C[C@H]3C[C@@H]12.CN(C)[C@H]1C(=O)C(C(N)=O)=C(O)[C@@]2(O)C(=O)C3=C(O)c4c(O)ccc(CNOCC(F)(F)F)c4C[C@H]3C[C@@H]12.CN(C)[C@H]1C(=O)C(C(N)=O)=C(O)[C@@]2(O)C(=O)C3=C(O)c4c(O)ccc(CNOCCF)c4C[C@H]3C[C@@H]12. The molecule has 4 amide bonds. The number of Topliss-reactive ketones (excluding diaryl/α,β-unsaturated/α-hetero) is 8. The van der Waals surface area contributed by atoms with Crippen molar-refractivity contribution in [2.45, 2.75) is 143 Å². The number of hydrogen-bond acceptors (Lipinski definition) is 40. The summed E-state index contributed by atoms with van der Waals surface area (Å²) in [7, 11) is 12.0. The number of nitrogens with two attached hydrogens (primary N) is 4. The van der Waals surface area contributed by atoms with E-state index in [1.807, 2.05) is 0 Å². The number of aliphatic hydroxyl groups excluding tert-OH is 8. The lowest BCUT2D eigenvalue weighted by Crippen LogP contribution is -2.65. The first-order chi connectivity index (χ1) is 69.0. The number of halogens is 9. The molecule has 0 radical (unpaired) electrons. The van der Waals surface area contributed by atoms with Gasteiger partial charge in [0.25, 0.3) is 23.6 Å². The minimum Gasteiger partial charge on any atom is -0.508 e. The van der Waals surface area contributed by atoms with Crippen molar-refractivity contribution in [3.05, 3.63) is 183 Å². The molecule has 44 nitrogen and oxygen atoms in total. The first kappa shape index (κ1) is 112. The number of amides is 4. The van der Waals surface area contributed by atoms with Gasteiger partial charge in [-0.25, -0.2) is 9.23 Å². The maximum absolute atomic E-state index is 13.7. The van der Waals surface area contributed by atoms with Gasteiger partial charge in [-0.15, -0.1) is 0 Å². The maximum Gasteiger partial charge on any atom is 0.413 e. The summed E-state index contributed by atoms with van der Waals surface area (Å²) >= 11 is 0. The molecule has 148 heavy (non-hydrogen) atoms. The maximum atomic E-state index is 13.7. The zero-order chi connectivity index (χ0) is 110. The van der Waals surface area contributed by atoms with Gasteiger partial charge >= 0.3 is 19.0 Å². The van der Waals surface area contributed by atoms with Gasteiger partial charge in [0, 0.05) is 72.1 Å². The molecule has 53 heteroatoms. The lowest BCUT2D eigenvalue weighted by atomic mass is 9.57. The highest BCUT2D eigenvalue weighted by Crippen LogP contribution is 2.60. The number of phenolic OH excluding ortho intramolecular Hbond substituents is 4. The normalized spacial score (nSPS) is 27.6. The Morgan fingerprint density at radius 3 is 0.764 bits per heavy atom. The number of nitrogens with zero attached hydrogens (tertiary/aromatic N) is 4. The summed E-state index contributed by atoms with van der Waals surface area (Å²) in [6, 6.07) is 5.92. The number of ketones is 8. The number of carbonyl (C=O) groups excluding carboxylic acids is 12. The van der Waals surface area contributed by atoms with Gasteiger partial charge in [-0.3, -0.25) is 91.6 Å². The van der Waals surface area contributed by atoms with Crippen molar-refractivity contribution in [2.75, 3.05) is 82.9 Å². The van der Waals surface area contributed by atoms with Gasteiger partial charge in [0.2, 0.25) is 23.1 Å². The van der Waals surface area contributed by atoms with Crippen LogP contribution in [0.4, 0.5) is 39.5 Å². The summed E-state index contributed by atoms with van der Waals surface area (Å²) in [6.45, 7) is -7.61. The zero-order valence-corrected chi connectivity index (χ0v) is 79.6. The molecule has 4 aromatic carbocycles. The molecular formula is C95H105F9N12O32. The lowest BCUT2D eigenvalue weighted by Gasteiger charge is -2.50. The van der Waals surface area contributed by atoms with Crippen molar-refractivity contribution >= 4 is 92.9 Å². The second-order valence-corrected chi connectivity index (χ2v) is 38.2. The number of benzene rings is 4. The van der Waals surface area contributed by atoms with Gasteiger partial charge in [-0.1, -0.05) is 24.3 Å². The second kappa shape index (κ2) is 41.5.